The Balaban J connectivity index is 1.46. The second-order valence-corrected chi connectivity index (χ2v) is 8.56. The third-order valence-electron chi connectivity index (χ3n) is 5.38. The third kappa shape index (κ3) is 6.24. The van der Waals surface area contributed by atoms with Gasteiger partial charge in [0.1, 0.15) is 0 Å². The highest BCUT2D eigenvalue weighted by Gasteiger charge is 2.22. The Bertz CT molecular complexity index is 850. The molecule has 1 heterocycles. The number of hydrogen-bond acceptors (Lipinski definition) is 4. The first-order chi connectivity index (χ1) is 14.5. The first-order valence-electron chi connectivity index (χ1n) is 10.3. The van der Waals surface area contributed by atoms with Gasteiger partial charge in [-0.15, -0.1) is 0 Å². The van der Waals surface area contributed by atoms with Crippen molar-refractivity contribution in [3.63, 3.8) is 0 Å². The van der Waals surface area contributed by atoms with E-state index in [-0.39, 0.29) is 17.1 Å². The van der Waals surface area contributed by atoms with Crippen molar-refractivity contribution in [2.75, 3.05) is 38.0 Å². The van der Waals surface area contributed by atoms with Crippen molar-refractivity contribution < 1.29 is 9.59 Å². The van der Waals surface area contributed by atoms with Gasteiger partial charge in [0.25, 0.3) is 5.91 Å². The minimum atomic E-state index is -0.331. The summed E-state index contributed by atoms with van der Waals surface area (Å²) in [5, 5.41) is 3.25. The Morgan fingerprint density at radius 2 is 1.67 bits per heavy atom. The van der Waals surface area contributed by atoms with Crippen molar-refractivity contribution in [3.05, 3.63) is 64.7 Å². The Kier molecular flexibility index (Phi) is 8.19. The van der Waals surface area contributed by atoms with Crippen molar-refractivity contribution >= 4 is 41.7 Å². The zero-order valence-corrected chi connectivity index (χ0v) is 18.8. The molecule has 0 aliphatic carbocycles. The SMILES string of the molecule is CCC(S)C(=O)Nc1ccc(C(=O)N2CCN(CCc3ccc(Cl)cc3)CC2)cc1. The lowest BCUT2D eigenvalue weighted by molar-refractivity contribution is -0.115. The number of halogens is 1. The molecule has 0 saturated carbocycles. The van der Waals surface area contributed by atoms with E-state index in [1.54, 1.807) is 24.3 Å². The average Bonchev–Trinajstić information content (AvgIpc) is 2.78. The highest BCUT2D eigenvalue weighted by atomic mass is 35.5. The Morgan fingerprint density at radius 3 is 2.27 bits per heavy atom. The summed E-state index contributed by atoms with van der Waals surface area (Å²) in [5.41, 5.74) is 2.59. The zero-order chi connectivity index (χ0) is 21.5. The number of piperazine rings is 1. The van der Waals surface area contributed by atoms with Gasteiger partial charge in [0.05, 0.1) is 5.25 Å². The van der Waals surface area contributed by atoms with Crippen molar-refractivity contribution in [2.24, 2.45) is 0 Å². The van der Waals surface area contributed by atoms with Gasteiger partial charge in [0.15, 0.2) is 0 Å². The predicted molar refractivity (Wildman–Crippen MR) is 126 cm³/mol. The van der Waals surface area contributed by atoms with Crippen molar-refractivity contribution in [2.45, 2.75) is 25.0 Å². The fraction of sp³-hybridized carbons (Fsp3) is 0.391. The number of benzene rings is 2. The van der Waals surface area contributed by atoms with Crippen LogP contribution in [0.5, 0.6) is 0 Å². The minimum Gasteiger partial charge on any atom is -0.336 e. The molecular formula is C23H28ClN3O2S. The number of thiol groups is 1. The van der Waals surface area contributed by atoms with Crippen LogP contribution in [0.2, 0.25) is 5.02 Å². The number of rotatable bonds is 7. The molecule has 1 aliphatic heterocycles. The van der Waals surface area contributed by atoms with Crippen molar-refractivity contribution in [1.29, 1.82) is 0 Å². The standard InChI is InChI=1S/C23H28ClN3O2S/c1-2-21(30)22(28)25-20-9-5-18(6-10-20)23(29)27-15-13-26(14-16-27)12-11-17-3-7-19(24)8-4-17/h3-10,21,30H,2,11-16H2,1H3,(H,25,28). The summed E-state index contributed by atoms with van der Waals surface area (Å²) in [6, 6.07) is 15.0. The summed E-state index contributed by atoms with van der Waals surface area (Å²) in [6.07, 6.45) is 1.64. The van der Waals surface area contributed by atoms with Crippen LogP contribution < -0.4 is 5.32 Å². The maximum Gasteiger partial charge on any atom is 0.253 e. The highest BCUT2D eigenvalue weighted by Crippen LogP contribution is 2.15. The second kappa shape index (κ2) is 10.8. The first kappa shape index (κ1) is 22.7. The monoisotopic (exact) mass is 445 g/mol. The van der Waals surface area contributed by atoms with Crippen LogP contribution in [0.4, 0.5) is 5.69 Å². The van der Waals surface area contributed by atoms with Crippen LogP contribution in [0.1, 0.15) is 29.3 Å². The van der Waals surface area contributed by atoms with E-state index in [1.165, 1.54) is 5.56 Å². The highest BCUT2D eigenvalue weighted by molar-refractivity contribution is 7.81. The van der Waals surface area contributed by atoms with E-state index in [4.69, 9.17) is 11.6 Å². The molecule has 3 rings (SSSR count). The van der Waals surface area contributed by atoms with Crippen molar-refractivity contribution in [3.8, 4) is 0 Å². The van der Waals surface area contributed by atoms with Crippen LogP contribution in [0.15, 0.2) is 48.5 Å². The number of anilines is 1. The fourth-order valence-corrected chi connectivity index (χ4v) is 3.59. The lowest BCUT2D eigenvalue weighted by atomic mass is 10.1. The van der Waals surface area contributed by atoms with Gasteiger partial charge in [0, 0.05) is 49.0 Å². The van der Waals surface area contributed by atoms with Gasteiger partial charge in [0.2, 0.25) is 5.91 Å². The largest absolute Gasteiger partial charge is 0.336 e. The van der Waals surface area contributed by atoms with Gasteiger partial charge < -0.3 is 10.2 Å². The predicted octanol–water partition coefficient (Wildman–Crippen LogP) is 3.99. The van der Waals surface area contributed by atoms with Gasteiger partial charge in [-0.25, -0.2) is 0 Å². The van der Waals surface area contributed by atoms with Gasteiger partial charge in [-0.05, 0) is 54.8 Å². The number of amides is 2. The molecule has 5 nitrogen and oxygen atoms in total. The summed E-state index contributed by atoms with van der Waals surface area (Å²) in [4.78, 5) is 29.0. The first-order valence-corrected chi connectivity index (χ1v) is 11.2. The van der Waals surface area contributed by atoms with Crippen molar-refractivity contribution in [1.82, 2.24) is 9.80 Å². The molecule has 2 aromatic rings. The van der Waals surface area contributed by atoms with E-state index in [9.17, 15) is 9.59 Å². The number of hydrogen-bond donors (Lipinski definition) is 2. The molecule has 2 aromatic carbocycles. The van der Waals surface area contributed by atoms with Crippen LogP contribution in [0.25, 0.3) is 0 Å². The molecule has 7 heteroatoms. The molecule has 1 N–H and O–H groups in total. The molecule has 1 unspecified atom stereocenters. The molecule has 30 heavy (non-hydrogen) atoms. The number of carbonyl (C=O) groups is 2. The fourth-order valence-electron chi connectivity index (χ4n) is 3.40. The molecule has 2 amide bonds. The summed E-state index contributed by atoms with van der Waals surface area (Å²) >= 11 is 10.2. The number of nitrogens with one attached hydrogen (secondary N) is 1. The third-order valence-corrected chi connectivity index (χ3v) is 6.23. The van der Waals surface area contributed by atoms with Crippen LogP contribution >= 0.6 is 24.2 Å². The molecule has 0 bridgehead atoms. The average molecular weight is 446 g/mol. The van der Waals surface area contributed by atoms with Gasteiger partial charge in [-0.2, -0.15) is 12.6 Å². The lowest BCUT2D eigenvalue weighted by Crippen LogP contribution is -2.49. The Labute approximate surface area is 188 Å². The maximum absolute atomic E-state index is 12.8. The van der Waals surface area contributed by atoms with E-state index in [2.05, 4.69) is 35.0 Å². The van der Waals surface area contributed by atoms with Gasteiger partial charge in [-0.3, -0.25) is 14.5 Å². The Morgan fingerprint density at radius 1 is 1.03 bits per heavy atom. The van der Waals surface area contributed by atoms with E-state index in [1.807, 2.05) is 24.0 Å². The molecule has 1 fully saturated rings. The molecule has 160 valence electrons. The molecule has 0 spiro atoms. The number of carbonyl (C=O) groups excluding carboxylic acids is 2. The summed E-state index contributed by atoms with van der Waals surface area (Å²) in [6.45, 7) is 6.06. The van der Waals surface area contributed by atoms with Gasteiger partial charge >= 0.3 is 0 Å². The van der Waals surface area contributed by atoms with Gasteiger partial charge in [-0.1, -0.05) is 30.7 Å². The minimum absolute atomic E-state index is 0.0332. The van der Waals surface area contributed by atoms with E-state index >= 15 is 0 Å². The normalized spacial score (nSPS) is 15.6. The van der Waals surface area contributed by atoms with Crippen LogP contribution in [0, 0.1) is 0 Å². The smallest absolute Gasteiger partial charge is 0.253 e. The van der Waals surface area contributed by atoms with Crippen LogP contribution in [-0.2, 0) is 11.2 Å². The van der Waals surface area contributed by atoms with E-state index < -0.39 is 0 Å². The molecule has 0 aromatic heterocycles. The van der Waals surface area contributed by atoms with E-state index in [0.717, 1.165) is 44.2 Å². The quantitative estimate of drug-likeness (QED) is 0.633. The zero-order valence-electron chi connectivity index (χ0n) is 17.2. The lowest BCUT2D eigenvalue weighted by Gasteiger charge is -2.34. The van der Waals surface area contributed by atoms with Crippen LogP contribution in [-0.4, -0.2) is 59.6 Å². The summed E-state index contributed by atoms with van der Waals surface area (Å²) in [7, 11) is 0. The molecule has 1 saturated heterocycles. The Hall–Kier alpha value is -2.02. The maximum atomic E-state index is 12.8. The van der Waals surface area contributed by atoms with Crippen LogP contribution in [0.3, 0.4) is 0 Å². The number of nitrogens with zero attached hydrogens (tertiary/aromatic N) is 2. The molecule has 0 radical (unpaired) electrons. The molecule has 1 atom stereocenters. The molecular weight excluding hydrogens is 418 g/mol. The van der Waals surface area contributed by atoms with E-state index in [0.29, 0.717) is 17.7 Å². The second-order valence-electron chi connectivity index (χ2n) is 7.50. The topological polar surface area (TPSA) is 52.7 Å². The summed E-state index contributed by atoms with van der Waals surface area (Å²) in [5.74, 6) is -0.0968. The summed E-state index contributed by atoms with van der Waals surface area (Å²) < 4.78 is 0. The molecule has 1 aliphatic rings.